The van der Waals surface area contributed by atoms with Crippen LogP contribution in [-0.4, -0.2) is 13.0 Å². The maximum atomic E-state index is 11.6. The molecule has 0 aromatic heterocycles. The Labute approximate surface area is 83.8 Å². The Hall–Kier alpha value is -1.57. The van der Waals surface area contributed by atoms with Gasteiger partial charge in [0.2, 0.25) is 5.91 Å². The molecular weight excluding hydrogens is 174 g/mol. The number of allylic oxidation sites excluding steroid dienone is 1. The summed E-state index contributed by atoms with van der Waals surface area (Å²) < 4.78 is 0. The lowest BCUT2D eigenvalue weighted by atomic mass is 10.1. The van der Waals surface area contributed by atoms with Gasteiger partial charge in [-0.15, -0.1) is 0 Å². The molecule has 0 spiro atoms. The van der Waals surface area contributed by atoms with Gasteiger partial charge in [0.1, 0.15) is 0 Å². The molecule has 0 saturated carbocycles. The van der Waals surface area contributed by atoms with Crippen molar-refractivity contribution in [3.05, 3.63) is 35.9 Å². The van der Waals surface area contributed by atoms with Crippen LogP contribution in [-0.2, 0) is 4.79 Å². The van der Waals surface area contributed by atoms with Crippen LogP contribution in [0.25, 0.3) is 5.57 Å². The van der Waals surface area contributed by atoms with Crippen molar-refractivity contribution in [1.82, 2.24) is 0 Å². The number of anilines is 1. The van der Waals surface area contributed by atoms with Gasteiger partial charge < -0.3 is 4.90 Å². The zero-order chi connectivity index (χ0) is 10.1. The molecule has 1 amide bonds. The number of carbonyl (C=O) groups is 1. The Morgan fingerprint density at radius 3 is 2.79 bits per heavy atom. The second kappa shape index (κ2) is 3.29. The second-order valence-corrected chi connectivity index (χ2v) is 3.56. The molecular formula is C12H13NO. The van der Waals surface area contributed by atoms with E-state index in [4.69, 9.17) is 0 Å². The second-order valence-electron chi connectivity index (χ2n) is 3.56. The van der Waals surface area contributed by atoms with E-state index in [2.05, 4.69) is 6.07 Å². The third-order valence-electron chi connectivity index (χ3n) is 2.65. The van der Waals surface area contributed by atoms with E-state index in [1.165, 1.54) is 5.57 Å². The maximum Gasteiger partial charge on any atom is 0.230 e. The topological polar surface area (TPSA) is 20.3 Å². The molecule has 14 heavy (non-hydrogen) atoms. The molecule has 0 N–H and O–H groups in total. The van der Waals surface area contributed by atoms with Gasteiger partial charge in [-0.1, -0.05) is 24.3 Å². The molecule has 0 unspecified atom stereocenters. The van der Waals surface area contributed by atoms with Gasteiger partial charge >= 0.3 is 0 Å². The predicted molar refractivity (Wildman–Crippen MR) is 58.1 cm³/mol. The SMILES string of the molecule is CC1=CCC(=O)N(C)c2ccccc21. The molecule has 1 aromatic carbocycles. The lowest BCUT2D eigenvalue weighted by Crippen LogP contribution is -2.24. The summed E-state index contributed by atoms with van der Waals surface area (Å²) in [6.45, 7) is 2.05. The highest BCUT2D eigenvalue weighted by Gasteiger charge is 2.17. The first-order chi connectivity index (χ1) is 6.70. The van der Waals surface area contributed by atoms with E-state index >= 15 is 0 Å². The van der Waals surface area contributed by atoms with Gasteiger partial charge in [0.25, 0.3) is 0 Å². The largest absolute Gasteiger partial charge is 0.315 e. The Morgan fingerprint density at radius 2 is 2.00 bits per heavy atom. The van der Waals surface area contributed by atoms with Crippen LogP contribution in [0.3, 0.4) is 0 Å². The summed E-state index contributed by atoms with van der Waals surface area (Å²) in [5.41, 5.74) is 3.34. The minimum Gasteiger partial charge on any atom is -0.315 e. The maximum absolute atomic E-state index is 11.6. The third-order valence-corrected chi connectivity index (χ3v) is 2.65. The summed E-state index contributed by atoms with van der Waals surface area (Å²) in [6, 6.07) is 7.99. The van der Waals surface area contributed by atoms with Crippen LogP contribution in [0.1, 0.15) is 18.9 Å². The monoisotopic (exact) mass is 187 g/mol. The molecule has 1 aliphatic heterocycles. The first-order valence-electron chi connectivity index (χ1n) is 4.73. The van der Waals surface area contributed by atoms with Crippen molar-refractivity contribution in [1.29, 1.82) is 0 Å². The normalized spacial score (nSPS) is 16.0. The number of nitrogens with zero attached hydrogens (tertiary/aromatic N) is 1. The standard InChI is InChI=1S/C12H13NO/c1-9-7-8-12(14)13(2)11-6-4-3-5-10(9)11/h3-7H,8H2,1-2H3. The minimum absolute atomic E-state index is 0.148. The molecule has 0 atom stereocenters. The summed E-state index contributed by atoms with van der Waals surface area (Å²) in [6.07, 6.45) is 2.49. The smallest absolute Gasteiger partial charge is 0.230 e. The summed E-state index contributed by atoms with van der Waals surface area (Å²) in [7, 11) is 1.83. The van der Waals surface area contributed by atoms with E-state index in [1.807, 2.05) is 38.2 Å². The number of amides is 1. The molecule has 0 saturated heterocycles. The van der Waals surface area contributed by atoms with E-state index in [-0.39, 0.29) is 5.91 Å². The number of fused-ring (bicyclic) bond motifs is 1. The third kappa shape index (κ3) is 1.33. The van der Waals surface area contributed by atoms with Crippen LogP contribution >= 0.6 is 0 Å². The molecule has 0 radical (unpaired) electrons. The Balaban J connectivity index is 2.61. The van der Waals surface area contributed by atoms with Crippen molar-refractivity contribution in [3.63, 3.8) is 0 Å². The average molecular weight is 187 g/mol. The van der Waals surface area contributed by atoms with Gasteiger partial charge in [-0.2, -0.15) is 0 Å². The average Bonchev–Trinajstić information content (AvgIpc) is 2.33. The number of hydrogen-bond donors (Lipinski definition) is 0. The van der Waals surface area contributed by atoms with Gasteiger partial charge in [0, 0.05) is 19.0 Å². The molecule has 2 heteroatoms. The van der Waals surface area contributed by atoms with Gasteiger partial charge in [-0.25, -0.2) is 0 Å². The highest BCUT2D eigenvalue weighted by Crippen LogP contribution is 2.29. The van der Waals surface area contributed by atoms with E-state index in [9.17, 15) is 4.79 Å². The number of rotatable bonds is 0. The quantitative estimate of drug-likeness (QED) is 0.611. The zero-order valence-corrected chi connectivity index (χ0v) is 8.45. The molecule has 1 aromatic rings. The minimum atomic E-state index is 0.148. The first-order valence-corrected chi connectivity index (χ1v) is 4.73. The highest BCUT2D eigenvalue weighted by atomic mass is 16.2. The van der Waals surface area contributed by atoms with Crippen molar-refractivity contribution in [2.75, 3.05) is 11.9 Å². The Morgan fingerprint density at radius 1 is 1.29 bits per heavy atom. The number of hydrogen-bond acceptors (Lipinski definition) is 1. The Bertz CT molecular complexity index is 407. The van der Waals surface area contributed by atoms with Crippen LogP contribution in [0.4, 0.5) is 5.69 Å². The highest BCUT2D eigenvalue weighted by molar-refractivity contribution is 5.99. The van der Waals surface area contributed by atoms with E-state index in [0.29, 0.717) is 6.42 Å². The van der Waals surface area contributed by atoms with Gasteiger partial charge in [0.15, 0.2) is 0 Å². The predicted octanol–water partition coefficient (Wildman–Crippen LogP) is 2.46. The van der Waals surface area contributed by atoms with Crippen molar-refractivity contribution in [3.8, 4) is 0 Å². The number of para-hydroxylation sites is 1. The molecule has 2 rings (SSSR count). The van der Waals surface area contributed by atoms with E-state index in [0.717, 1.165) is 11.3 Å². The summed E-state index contributed by atoms with van der Waals surface area (Å²) in [5.74, 6) is 0.148. The van der Waals surface area contributed by atoms with Gasteiger partial charge in [-0.05, 0) is 18.6 Å². The summed E-state index contributed by atoms with van der Waals surface area (Å²) >= 11 is 0. The molecule has 72 valence electrons. The molecule has 1 aliphatic rings. The molecule has 2 nitrogen and oxygen atoms in total. The van der Waals surface area contributed by atoms with Crippen LogP contribution in [0, 0.1) is 0 Å². The van der Waals surface area contributed by atoms with Crippen molar-refractivity contribution in [2.45, 2.75) is 13.3 Å². The van der Waals surface area contributed by atoms with Gasteiger partial charge in [-0.3, -0.25) is 4.79 Å². The lowest BCUT2D eigenvalue weighted by molar-refractivity contribution is -0.117. The zero-order valence-electron chi connectivity index (χ0n) is 8.45. The molecule has 0 aliphatic carbocycles. The summed E-state index contributed by atoms with van der Waals surface area (Å²) in [4.78, 5) is 13.3. The fraction of sp³-hybridized carbons (Fsp3) is 0.250. The van der Waals surface area contributed by atoms with Crippen LogP contribution < -0.4 is 4.90 Å². The molecule has 0 fully saturated rings. The lowest BCUT2D eigenvalue weighted by Gasteiger charge is -2.17. The Kier molecular flexibility index (Phi) is 2.12. The van der Waals surface area contributed by atoms with E-state index in [1.54, 1.807) is 4.90 Å². The van der Waals surface area contributed by atoms with Crippen molar-refractivity contribution in [2.24, 2.45) is 0 Å². The fourth-order valence-electron chi connectivity index (χ4n) is 1.72. The van der Waals surface area contributed by atoms with Crippen LogP contribution in [0.15, 0.2) is 30.3 Å². The van der Waals surface area contributed by atoms with Crippen molar-refractivity contribution >= 4 is 17.2 Å². The van der Waals surface area contributed by atoms with Gasteiger partial charge in [0.05, 0.1) is 5.69 Å². The number of carbonyl (C=O) groups excluding carboxylic acids is 1. The molecule has 0 bridgehead atoms. The number of benzene rings is 1. The van der Waals surface area contributed by atoms with E-state index < -0.39 is 0 Å². The molecule has 1 heterocycles. The fourth-order valence-corrected chi connectivity index (χ4v) is 1.72. The van der Waals surface area contributed by atoms with Crippen molar-refractivity contribution < 1.29 is 4.79 Å². The van der Waals surface area contributed by atoms with Crippen LogP contribution in [0.5, 0.6) is 0 Å². The first kappa shape index (κ1) is 9.00. The van der Waals surface area contributed by atoms with Crippen LogP contribution in [0.2, 0.25) is 0 Å². The summed E-state index contributed by atoms with van der Waals surface area (Å²) in [5, 5.41) is 0.